The highest BCUT2D eigenvalue weighted by Crippen LogP contribution is 2.38. The van der Waals surface area contributed by atoms with Gasteiger partial charge in [-0.15, -0.1) is 11.3 Å². The fourth-order valence-electron chi connectivity index (χ4n) is 1.43. The Labute approximate surface area is 89.2 Å². The molecule has 0 aliphatic carbocycles. The third kappa shape index (κ3) is 1.66. The Morgan fingerprint density at radius 3 is 2.54 bits per heavy atom. The summed E-state index contributed by atoms with van der Waals surface area (Å²) in [6.07, 6.45) is 0. The summed E-state index contributed by atoms with van der Waals surface area (Å²) in [5.41, 5.74) is 0.973. The molecule has 5 heteroatoms. The van der Waals surface area contributed by atoms with Crippen LogP contribution in [-0.4, -0.2) is 18.2 Å². The summed E-state index contributed by atoms with van der Waals surface area (Å²) in [4.78, 5) is 5.33. The van der Waals surface area contributed by atoms with E-state index in [0.29, 0.717) is 13.2 Å². The molecule has 13 heavy (non-hydrogen) atoms. The third-order valence-electron chi connectivity index (χ3n) is 2.02. The number of nitrogens with zero attached hydrogens (tertiary/aromatic N) is 1. The maximum absolute atomic E-state index is 5.55. The largest absolute Gasteiger partial charge is 0.343 e. The summed E-state index contributed by atoms with van der Waals surface area (Å²) < 4.78 is 12.0. The molecular formula is C8H10BrNO2S. The minimum absolute atomic E-state index is 0.576. The van der Waals surface area contributed by atoms with Crippen molar-refractivity contribution in [3.63, 3.8) is 0 Å². The molecule has 2 heterocycles. The molecule has 1 aromatic rings. The molecule has 1 aliphatic heterocycles. The fraction of sp³-hybridized carbons (Fsp3) is 0.625. The summed E-state index contributed by atoms with van der Waals surface area (Å²) in [6, 6.07) is 0. The average Bonchev–Trinajstić information content (AvgIpc) is 2.59. The van der Waals surface area contributed by atoms with Gasteiger partial charge >= 0.3 is 0 Å². The SMILES string of the molecule is Cc1nc(Br)sc1C1(C)OCCO1. The Kier molecular flexibility index (Phi) is 2.44. The van der Waals surface area contributed by atoms with Crippen LogP contribution < -0.4 is 0 Å². The highest BCUT2D eigenvalue weighted by Gasteiger charge is 2.36. The lowest BCUT2D eigenvalue weighted by molar-refractivity contribution is -0.147. The summed E-state index contributed by atoms with van der Waals surface area (Å²) in [5.74, 6) is -0.576. The number of aryl methyl sites for hydroxylation is 1. The van der Waals surface area contributed by atoms with Crippen LogP contribution in [-0.2, 0) is 15.3 Å². The van der Waals surface area contributed by atoms with Gasteiger partial charge in [-0.1, -0.05) is 0 Å². The van der Waals surface area contributed by atoms with Crippen LogP contribution >= 0.6 is 27.3 Å². The molecule has 0 saturated carbocycles. The molecule has 0 N–H and O–H groups in total. The van der Waals surface area contributed by atoms with Gasteiger partial charge in [0.2, 0.25) is 5.79 Å². The quantitative estimate of drug-likeness (QED) is 0.780. The van der Waals surface area contributed by atoms with E-state index in [-0.39, 0.29) is 0 Å². The second-order valence-corrected chi connectivity index (χ2v) is 5.30. The predicted molar refractivity (Wildman–Crippen MR) is 53.8 cm³/mol. The molecule has 0 atom stereocenters. The Morgan fingerprint density at radius 1 is 1.46 bits per heavy atom. The average molecular weight is 264 g/mol. The normalized spacial score (nSPS) is 20.8. The monoisotopic (exact) mass is 263 g/mol. The molecule has 0 aromatic carbocycles. The molecular weight excluding hydrogens is 254 g/mol. The maximum Gasteiger partial charge on any atom is 0.203 e. The molecule has 1 saturated heterocycles. The minimum atomic E-state index is -0.576. The van der Waals surface area contributed by atoms with Gasteiger partial charge in [0.1, 0.15) is 0 Å². The van der Waals surface area contributed by atoms with Crippen LogP contribution in [0, 0.1) is 6.92 Å². The van der Waals surface area contributed by atoms with Crippen LogP contribution in [0.2, 0.25) is 0 Å². The second-order valence-electron chi connectivity index (χ2n) is 3.02. The molecule has 0 amide bonds. The van der Waals surface area contributed by atoms with E-state index in [9.17, 15) is 0 Å². The van der Waals surface area contributed by atoms with Crippen LogP contribution in [0.25, 0.3) is 0 Å². The maximum atomic E-state index is 5.55. The first-order valence-corrected chi connectivity index (χ1v) is 5.64. The topological polar surface area (TPSA) is 31.4 Å². The lowest BCUT2D eigenvalue weighted by atomic mass is 10.2. The molecule has 72 valence electrons. The van der Waals surface area contributed by atoms with Gasteiger partial charge in [0.25, 0.3) is 0 Å². The van der Waals surface area contributed by atoms with E-state index in [0.717, 1.165) is 14.5 Å². The van der Waals surface area contributed by atoms with Gasteiger partial charge in [0.05, 0.1) is 23.8 Å². The van der Waals surface area contributed by atoms with Gasteiger partial charge in [0, 0.05) is 0 Å². The van der Waals surface area contributed by atoms with E-state index in [1.807, 2.05) is 13.8 Å². The second kappa shape index (κ2) is 3.31. The van der Waals surface area contributed by atoms with Gasteiger partial charge in [-0.3, -0.25) is 0 Å². The Balaban J connectivity index is 2.38. The van der Waals surface area contributed by atoms with Crippen LogP contribution in [0.5, 0.6) is 0 Å². The van der Waals surface area contributed by atoms with Crippen molar-refractivity contribution in [1.82, 2.24) is 4.98 Å². The molecule has 2 rings (SSSR count). The number of hydrogen-bond acceptors (Lipinski definition) is 4. The first-order chi connectivity index (χ1) is 6.12. The van der Waals surface area contributed by atoms with Crippen LogP contribution in [0.1, 0.15) is 17.5 Å². The minimum Gasteiger partial charge on any atom is -0.343 e. The van der Waals surface area contributed by atoms with Crippen molar-refractivity contribution in [2.45, 2.75) is 19.6 Å². The number of ether oxygens (including phenoxy) is 2. The predicted octanol–water partition coefficient (Wildman–Crippen LogP) is 2.43. The van der Waals surface area contributed by atoms with Crippen LogP contribution in [0.15, 0.2) is 3.92 Å². The summed E-state index contributed by atoms with van der Waals surface area (Å²) in [5, 5.41) is 0. The van der Waals surface area contributed by atoms with E-state index in [4.69, 9.17) is 9.47 Å². The van der Waals surface area contributed by atoms with E-state index < -0.39 is 5.79 Å². The molecule has 0 radical (unpaired) electrons. The summed E-state index contributed by atoms with van der Waals surface area (Å²) in [7, 11) is 0. The Morgan fingerprint density at radius 2 is 2.08 bits per heavy atom. The van der Waals surface area contributed by atoms with Crippen molar-refractivity contribution in [2.24, 2.45) is 0 Å². The zero-order valence-corrected chi connectivity index (χ0v) is 9.87. The van der Waals surface area contributed by atoms with Gasteiger partial charge in [-0.05, 0) is 29.8 Å². The summed E-state index contributed by atoms with van der Waals surface area (Å²) in [6.45, 7) is 5.22. The van der Waals surface area contributed by atoms with Crippen molar-refractivity contribution < 1.29 is 9.47 Å². The Hall–Kier alpha value is 0.0300. The Bertz CT molecular complexity index is 320. The van der Waals surface area contributed by atoms with E-state index in [1.165, 1.54) is 0 Å². The van der Waals surface area contributed by atoms with Crippen LogP contribution in [0.3, 0.4) is 0 Å². The van der Waals surface area contributed by atoms with Crippen molar-refractivity contribution in [2.75, 3.05) is 13.2 Å². The number of aromatic nitrogens is 1. The highest BCUT2D eigenvalue weighted by atomic mass is 79.9. The summed E-state index contributed by atoms with van der Waals surface area (Å²) >= 11 is 4.92. The number of rotatable bonds is 1. The molecule has 1 fully saturated rings. The van der Waals surface area contributed by atoms with Gasteiger partial charge in [-0.25, -0.2) is 4.98 Å². The third-order valence-corrected chi connectivity index (χ3v) is 3.81. The number of hydrogen-bond donors (Lipinski definition) is 0. The molecule has 1 aromatic heterocycles. The molecule has 0 bridgehead atoms. The van der Waals surface area contributed by atoms with Crippen molar-refractivity contribution in [1.29, 1.82) is 0 Å². The molecule has 3 nitrogen and oxygen atoms in total. The first kappa shape index (κ1) is 9.58. The molecule has 1 aliphatic rings. The number of thiazole rings is 1. The van der Waals surface area contributed by atoms with Crippen molar-refractivity contribution >= 4 is 27.3 Å². The van der Waals surface area contributed by atoms with Gasteiger partial charge in [0.15, 0.2) is 3.92 Å². The fourth-order valence-corrected chi connectivity index (χ4v) is 3.03. The van der Waals surface area contributed by atoms with Crippen LogP contribution in [0.4, 0.5) is 0 Å². The first-order valence-electron chi connectivity index (χ1n) is 4.03. The van der Waals surface area contributed by atoms with E-state index >= 15 is 0 Å². The van der Waals surface area contributed by atoms with Crippen molar-refractivity contribution in [3.8, 4) is 0 Å². The zero-order chi connectivity index (χ0) is 9.47. The standard InChI is InChI=1S/C8H10BrNO2S/c1-5-6(13-7(9)10-5)8(2)11-3-4-12-8/h3-4H2,1-2H3. The smallest absolute Gasteiger partial charge is 0.203 e. The molecule has 0 unspecified atom stereocenters. The molecule has 0 spiro atoms. The van der Waals surface area contributed by atoms with E-state index in [1.54, 1.807) is 11.3 Å². The van der Waals surface area contributed by atoms with Gasteiger partial charge < -0.3 is 9.47 Å². The lowest BCUT2D eigenvalue weighted by Gasteiger charge is -2.20. The van der Waals surface area contributed by atoms with Gasteiger partial charge in [-0.2, -0.15) is 0 Å². The zero-order valence-electron chi connectivity index (χ0n) is 7.46. The van der Waals surface area contributed by atoms with E-state index in [2.05, 4.69) is 20.9 Å². The number of halogens is 1. The highest BCUT2D eigenvalue weighted by molar-refractivity contribution is 9.11. The van der Waals surface area contributed by atoms with Crippen molar-refractivity contribution in [3.05, 3.63) is 14.5 Å². The lowest BCUT2D eigenvalue weighted by Crippen LogP contribution is -2.21.